The molecule has 5 nitrogen and oxygen atoms in total. The first-order valence-electron chi connectivity index (χ1n) is 9.95. The number of rotatable bonds is 7. The standard InChI is InChI=1S/C24H24Cl2N2O3S/c1-16-7-10-19(11-8-16)32(30,31)28(14-20-21(25)5-4-6-22(20)26)15-24(29)27-23-12-9-17(2)13-18(23)3/h4-13H,14-15H2,1-3H3,(H,27,29). The zero-order valence-corrected chi connectivity index (χ0v) is 20.4. The molecule has 0 aromatic heterocycles. The topological polar surface area (TPSA) is 66.5 Å². The molecule has 3 aromatic rings. The fourth-order valence-electron chi connectivity index (χ4n) is 3.25. The van der Waals surface area contributed by atoms with Gasteiger partial charge in [0.05, 0.1) is 11.4 Å². The van der Waals surface area contributed by atoms with E-state index in [9.17, 15) is 13.2 Å². The largest absolute Gasteiger partial charge is 0.325 e. The fraction of sp³-hybridized carbons (Fsp3) is 0.208. The molecule has 0 atom stereocenters. The van der Waals surface area contributed by atoms with Gasteiger partial charge < -0.3 is 5.32 Å². The Morgan fingerprint density at radius 1 is 0.906 bits per heavy atom. The van der Waals surface area contributed by atoms with Gasteiger partial charge in [0.2, 0.25) is 15.9 Å². The summed E-state index contributed by atoms with van der Waals surface area (Å²) in [5, 5.41) is 3.46. The first-order valence-corrected chi connectivity index (χ1v) is 12.1. The Hall–Kier alpha value is -2.38. The van der Waals surface area contributed by atoms with Gasteiger partial charge in [-0.1, -0.05) is 64.7 Å². The quantitative estimate of drug-likeness (QED) is 0.458. The Labute approximate surface area is 199 Å². The van der Waals surface area contributed by atoms with Gasteiger partial charge in [0.15, 0.2) is 0 Å². The molecular weight excluding hydrogens is 467 g/mol. The second kappa shape index (κ2) is 10.0. The number of nitrogens with one attached hydrogen (secondary N) is 1. The van der Waals surface area contributed by atoms with Crippen LogP contribution in [-0.2, 0) is 21.4 Å². The van der Waals surface area contributed by atoms with Gasteiger partial charge in [-0.05, 0) is 56.7 Å². The normalized spacial score (nSPS) is 11.6. The highest BCUT2D eigenvalue weighted by Gasteiger charge is 2.28. The lowest BCUT2D eigenvalue weighted by molar-refractivity contribution is -0.116. The van der Waals surface area contributed by atoms with Crippen molar-refractivity contribution in [2.75, 3.05) is 11.9 Å². The molecule has 0 spiro atoms. The van der Waals surface area contributed by atoms with Crippen molar-refractivity contribution in [3.05, 3.63) is 93.0 Å². The van der Waals surface area contributed by atoms with E-state index in [1.165, 1.54) is 12.1 Å². The highest BCUT2D eigenvalue weighted by Crippen LogP contribution is 2.28. The molecule has 168 valence electrons. The molecule has 3 aromatic carbocycles. The number of nitrogens with zero attached hydrogens (tertiary/aromatic N) is 1. The van der Waals surface area contributed by atoms with E-state index >= 15 is 0 Å². The van der Waals surface area contributed by atoms with E-state index in [1.54, 1.807) is 36.4 Å². The average molecular weight is 491 g/mol. The number of hydrogen-bond donors (Lipinski definition) is 1. The predicted molar refractivity (Wildman–Crippen MR) is 130 cm³/mol. The molecule has 0 aliphatic carbocycles. The van der Waals surface area contributed by atoms with Crippen molar-refractivity contribution in [2.45, 2.75) is 32.2 Å². The van der Waals surface area contributed by atoms with E-state index in [-0.39, 0.29) is 11.4 Å². The fourth-order valence-corrected chi connectivity index (χ4v) is 5.13. The molecule has 0 heterocycles. The van der Waals surface area contributed by atoms with Crippen molar-refractivity contribution in [3.8, 4) is 0 Å². The number of sulfonamides is 1. The van der Waals surface area contributed by atoms with Gasteiger partial charge in [-0.2, -0.15) is 4.31 Å². The molecule has 0 radical (unpaired) electrons. The predicted octanol–water partition coefficient (Wildman–Crippen LogP) is 5.75. The second-order valence-corrected chi connectivity index (χ2v) is 10.4. The van der Waals surface area contributed by atoms with Crippen LogP contribution >= 0.6 is 23.2 Å². The summed E-state index contributed by atoms with van der Waals surface area (Å²) in [5.41, 5.74) is 3.95. The highest BCUT2D eigenvalue weighted by atomic mass is 35.5. The summed E-state index contributed by atoms with van der Waals surface area (Å²) in [6.45, 7) is 5.17. The van der Waals surface area contributed by atoms with E-state index in [0.717, 1.165) is 21.0 Å². The van der Waals surface area contributed by atoms with Crippen molar-refractivity contribution in [3.63, 3.8) is 0 Å². The Kier molecular flexibility index (Phi) is 7.62. The zero-order chi connectivity index (χ0) is 23.5. The maximum absolute atomic E-state index is 13.4. The molecule has 32 heavy (non-hydrogen) atoms. The third-order valence-corrected chi connectivity index (χ3v) is 7.55. The Morgan fingerprint density at radius 2 is 1.50 bits per heavy atom. The molecule has 0 bridgehead atoms. The van der Waals surface area contributed by atoms with Crippen LogP contribution in [0.15, 0.2) is 65.6 Å². The number of carbonyl (C=O) groups excluding carboxylic acids is 1. The Balaban J connectivity index is 1.94. The number of aryl methyl sites for hydroxylation is 3. The zero-order valence-electron chi connectivity index (χ0n) is 18.0. The first-order chi connectivity index (χ1) is 15.1. The van der Waals surface area contributed by atoms with Crippen molar-refractivity contribution in [2.24, 2.45) is 0 Å². The minimum Gasteiger partial charge on any atom is -0.325 e. The number of amides is 1. The van der Waals surface area contributed by atoms with Crippen LogP contribution in [0.1, 0.15) is 22.3 Å². The van der Waals surface area contributed by atoms with Crippen LogP contribution < -0.4 is 5.32 Å². The molecule has 0 unspecified atom stereocenters. The summed E-state index contributed by atoms with van der Waals surface area (Å²) >= 11 is 12.6. The highest BCUT2D eigenvalue weighted by molar-refractivity contribution is 7.89. The van der Waals surface area contributed by atoms with Gasteiger partial charge in [-0.15, -0.1) is 0 Å². The van der Waals surface area contributed by atoms with E-state index < -0.39 is 22.5 Å². The van der Waals surface area contributed by atoms with E-state index in [4.69, 9.17) is 23.2 Å². The monoisotopic (exact) mass is 490 g/mol. The van der Waals surface area contributed by atoms with E-state index in [1.807, 2.05) is 32.9 Å². The van der Waals surface area contributed by atoms with Gasteiger partial charge in [0.1, 0.15) is 0 Å². The summed E-state index contributed by atoms with van der Waals surface area (Å²) in [7, 11) is -4.00. The number of hydrogen-bond acceptors (Lipinski definition) is 3. The van der Waals surface area contributed by atoms with Crippen LogP contribution in [0.25, 0.3) is 0 Å². The molecule has 0 saturated carbocycles. The van der Waals surface area contributed by atoms with Gasteiger partial charge >= 0.3 is 0 Å². The van der Waals surface area contributed by atoms with Gasteiger partial charge in [-0.3, -0.25) is 4.79 Å². The van der Waals surface area contributed by atoms with Crippen molar-refractivity contribution in [1.29, 1.82) is 0 Å². The van der Waals surface area contributed by atoms with Gasteiger partial charge in [-0.25, -0.2) is 8.42 Å². The van der Waals surface area contributed by atoms with Crippen LogP contribution in [0.2, 0.25) is 10.0 Å². The SMILES string of the molecule is Cc1ccc(S(=O)(=O)N(CC(=O)Nc2ccc(C)cc2C)Cc2c(Cl)cccc2Cl)cc1. The molecule has 1 amide bonds. The molecule has 3 rings (SSSR count). The molecule has 8 heteroatoms. The van der Waals surface area contributed by atoms with Crippen LogP contribution in [0, 0.1) is 20.8 Å². The van der Waals surface area contributed by atoms with Crippen molar-refractivity contribution >= 4 is 44.8 Å². The number of anilines is 1. The molecule has 1 N–H and O–H groups in total. The van der Waals surface area contributed by atoms with Crippen LogP contribution in [0.4, 0.5) is 5.69 Å². The Bertz CT molecular complexity index is 1220. The van der Waals surface area contributed by atoms with Crippen LogP contribution in [-0.4, -0.2) is 25.2 Å². The molecule has 0 aliphatic heterocycles. The van der Waals surface area contributed by atoms with Crippen molar-refractivity contribution in [1.82, 2.24) is 4.31 Å². The van der Waals surface area contributed by atoms with Crippen LogP contribution in [0.5, 0.6) is 0 Å². The molecular formula is C24H24Cl2N2O3S. The van der Waals surface area contributed by atoms with E-state index in [0.29, 0.717) is 21.3 Å². The van der Waals surface area contributed by atoms with E-state index in [2.05, 4.69) is 5.32 Å². The Morgan fingerprint density at radius 3 is 2.09 bits per heavy atom. The first kappa shape index (κ1) is 24.3. The minimum absolute atomic E-state index is 0.0885. The molecule has 0 fully saturated rings. The summed E-state index contributed by atoms with van der Waals surface area (Å²) in [6, 6.07) is 17.0. The lowest BCUT2D eigenvalue weighted by Crippen LogP contribution is -2.37. The summed E-state index contributed by atoms with van der Waals surface area (Å²) in [5.74, 6) is -0.462. The van der Waals surface area contributed by atoms with Crippen LogP contribution in [0.3, 0.4) is 0 Å². The summed E-state index contributed by atoms with van der Waals surface area (Å²) < 4.78 is 27.9. The average Bonchev–Trinajstić information content (AvgIpc) is 2.72. The van der Waals surface area contributed by atoms with Gasteiger partial charge in [0, 0.05) is 27.8 Å². The lowest BCUT2D eigenvalue weighted by Gasteiger charge is -2.23. The lowest BCUT2D eigenvalue weighted by atomic mass is 10.1. The minimum atomic E-state index is -4.00. The smallest absolute Gasteiger partial charge is 0.243 e. The number of halogens is 2. The number of carbonyl (C=O) groups is 1. The third kappa shape index (κ3) is 5.70. The molecule has 0 saturated heterocycles. The summed E-state index contributed by atoms with van der Waals surface area (Å²) in [4.78, 5) is 13.0. The van der Waals surface area contributed by atoms with Gasteiger partial charge in [0.25, 0.3) is 0 Å². The summed E-state index contributed by atoms with van der Waals surface area (Å²) in [6.07, 6.45) is 0. The molecule has 0 aliphatic rings. The van der Waals surface area contributed by atoms with Crippen molar-refractivity contribution < 1.29 is 13.2 Å². The maximum Gasteiger partial charge on any atom is 0.243 e. The second-order valence-electron chi connectivity index (χ2n) is 7.65. The number of benzene rings is 3. The third-order valence-electron chi connectivity index (χ3n) is 5.03. The maximum atomic E-state index is 13.4.